The summed E-state index contributed by atoms with van der Waals surface area (Å²) in [6, 6.07) is 1.15. The molecule has 1 atom stereocenters. The third-order valence-corrected chi connectivity index (χ3v) is 1.82. The standard InChI is InChI=1S/C9H14N4O/c1-6(2)7(10)8(14)13-9-11-4-3-5-12-9/h3-7H,10H2,1-2H3,(H,11,12,13,14)/t7-/m1/s1. The van der Waals surface area contributed by atoms with Crippen LogP contribution in [0.2, 0.25) is 0 Å². The highest BCUT2D eigenvalue weighted by molar-refractivity contribution is 5.93. The van der Waals surface area contributed by atoms with Crippen LogP contribution in [0.15, 0.2) is 18.5 Å². The Morgan fingerprint density at radius 1 is 1.43 bits per heavy atom. The van der Waals surface area contributed by atoms with Gasteiger partial charge in [-0.3, -0.25) is 10.1 Å². The number of anilines is 1. The van der Waals surface area contributed by atoms with Gasteiger partial charge in [-0.2, -0.15) is 0 Å². The number of nitrogens with zero attached hydrogens (tertiary/aromatic N) is 2. The fourth-order valence-electron chi connectivity index (χ4n) is 0.860. The van der Waals surface area contributed by atoms with E-state index in [4.69, 9.17) is 5.73 Å². The summed E-state index contributed by atoms with van der Waals surface area (Å²) in [6.07, 6.45) is 3.12. The zero-order valence-corrected chi connectivity index (χ0v) is 8.27. The van der Waals surface area contributed by atoms with Crippen LogP contribution in [0.3, 0.4) is 0 Å². The van der Waals surface area contributed by atoms with Crippen LogP contribution in [-0.4, -0.2) is 21.9 Å². The van der Waals surface area contributed by atoms with Crippen molar-refractivity contribution in [2.75, 3.05) is 5.32 Å². The Labute approximate surface area is 82.7 Å². The lowest BCUT2D eigenvalue weighted by Gasteiger charge is -2.13. The van der Waals surface area contributed by atoms with Crippen LogP contribution < -0.4 is 11.1 Å². The van der Waals surface area contributed by atoms with Crippen molar-refractivity contribution in [3.63, 3.8) is 0 Å². The molecule has 1 aromatic rings. The third-order valence-electron chi connectivity index (χ3n) is 1.82. The second-order valence-corrected chi connectivity index (χ2v) is 3.33. The molecule has 1 rings (SSSR count). The first-order chi connectivity index (χ1) is 6.61. The molecule has 76 valence electrons. The van der Waals surface area contributed by atoms with Crippen molar-refractivity contribution in [3.05, 3.63) is 18.5 Å². The Balaban J connectivity index is 2.58. The van der Waals surface area contributed by atoms with Crippen LogP contribution >= 0.6 is 0 Å². The third kappa shape index (κ3) is 2.77. The van der Waals surface area contributed by atoms with Gasteiger partial charge in [-0.25, -0.2) is 9.97 Å². The fourth-order valence-corrected chi connectivity index (χ4v) is 0.860. The largest absolute Gasteiger partial charge is 0.320 e. The zero-order chi connectivity index (χ0) is 10.6. The lowest BCUT2D eigenvalue weighted by atomic mass is 10.1. The van der Waals surface area contributed by atoms with E-state index in [0.29, 0.717) is 0 Å². The van der Waals surface area contributed by atoms with Gasteiger partial charge in [-0.05, 0) is 12.0 Å². The number of carbonyl (C=O) groups excluding carboxylic acids is 1. The van der Waals surface area contributed by atoms with E-state index in [2.05, 4.69) is 15.3 Å². The molecule has 0 bridgehead atoms. The number of nitrogens with one attached hydrogen (secondary N) is 1. The number of nitrogens with two attached hydrogens (primary N) is 1. The summed E-state index contributed by atoms with van der Waals surface area (Å²) < 4.78 is 0. The van der Waals surface area contributed by atoms with E-state index in [1.165, 1.54) is 0 Å². The monoisotopic (exact) mass is 194 g/mol. The summed E-state index contributed by atoms with van der Waals surface area (Å²) in [7, 11) is 0. The molecule has 1 heterocycles. The Bertz CT molecular complexity index is 299. The lowest BCUT2D eigenvalue weighted by Crippen LogP contribution is -2.40. The average molecular weight is 194 g/mol. The van der Waals surface area contributed by atoms with Crippen molar-refractivity contribution in [2.24, 2.45) is 11.7 Å². The van der Waals surface area contributed by atoms with Gasteiger partial charge in [0.1, 0.15) is 0 Å². The summed E-state index contributed by atoms with van der Waals surface area (Å²) in [5, 5.41) is 2.54. The normalized spacial score (nSPS) is 12.6. The van der Waals surface area contributed by atoms with Gasteiger partial charge in [0.25, 0.3) is 0 Å². The molecule has 0 unspecified atom stereocenters. The Hall–Kier alpha value is -1.49. The minimum Gasteiger partial charge on any atom is -0.320 e. The summed E-state index contributed by atoms with van der Waals surface area (Å²) in [5.41, 5.74) is 5.64. The smallest absolute Gasteiger partial charge is 0.243 e. The van der Waals surface area contributed by atoms with E-state index in [0.717, 1.165) is 0 Å². The van der Waals surface area contributed by atoms with Gasteiger partial charge < -0.3 is 5.73 Å². The van der Waals surface area contributed by atoms with Crippen LogP contribution in [0.4, 0.5) is 5.95 Å². The summed E-state index contributed by atoms with van der Waals surface area (Å²) >= 11 is 0. The minimum atomic E-state index is -0.529. The van der Waals surface area contributed by atoms with Gasteiger partial charge in [0.15, 0.2) is 0 Å². The molecule has 0 aromatic carbocycles. The number of aromatic nitrogens is 2. The Morgan fingerprint density at radius 2 is 2.00 bits per heavy atom. The van der Waals surface area contributed by atoms with E-state index < -0.39 is 6.04 Å². The summed E-state index contributed by atoms with van der Waals surface area (Å²) in [5.74, 6) is 0.124. The maximum Gasteiger partial charge on any atom is 0.243 e. The molecular formula is C9H14N4O. The van der Waals surface area contributed by atoms with E-state index >= 15 is 0 Å². The molecule has 1 amide bonds. The van der Waals surface area contributed by atoms with Crippen molar-refractivity contribution in [3.8, 4) is 0 Å². The molecule has 0 aliphatic carbocycles. The molecule has 0 radical (unpaired) electrons. The molecule has 0 fully saturated rings. The van der Waals surface area contributed by atoms with Crippen LogP contribution in [0.1, 0.15) is 13.8 Å². The van der Waals surface area contributed by atoms with E-state index in [1.807, 2.05) is 13.8 Å². The maximum atomic E-state index is 11.4. The first-order valence-corrected chi connectivity index (χ1v) is 4.44. The van der Waals surface area contributed by atoms with Gasteiger partial charge in [0.05, 0.1) is 6.04 Å². The van der Waals surface area contributed by atoms with Gasteiger partial charge in [0, 0.05) is 12.4 Å². The molecule has 1 aromatic heterocycles. The van der Waals surface area contributed by atoms with Crippen molar-refractivity contribution in [1.29, 1.82) is 0 Å². The maximum absolute atomic E-state index is 11.4. The molecular weight excluding hydrogens is 180 g/mol. The van der Waals surface area contributed by atoms with Crippen LogP contribution in [-0.2, 0) is 4.79 Å². The quantitative estimate of drug-likeness (QED) is 0.729. The second-order valence-electron chi connectivity index (χ2n) is 3.33. The number of hydrogen-bond donors (Lipinski definition) is 2. The van der Waals surface area contributed by atoms with Gasteiger partial charge in [-0.15, -0.1) is 0 Å². The second kappa shape index (κ2) is 4.66. The van der Waals surface area contributed by atoms with Crippen molar-refractivity contribution >= 4 is 11.9 Å². The first-order valence-electron chi connectivity index (χ1n) is 4.44. The number of carbonyl (C=O) groups is 1. The lowest BCUT2D eigenvalue weighted by molar-refractivity contribution is -0.118. The van der Waals surface area contributed by atoms with Crippen molar-refractivity contribution < 1.29 is 4.79 Å². The molecule has 0 saturated carbocycles. The average Bonchev–Trinajstić information content (AvgIpc) is 2.18. The molecule has 5 heteroatoms. The predicted octanol–water partition coefficient (Wildman–Crippen LogP) is 0.398. The first kappa shape index (κ1) is 10.6. The Kier molecular flexibility index (Phi) is 3.53. The van der Waals surface area contributed by atoms with Gasteiger partial charge in [0.2, 0.25) is 11.9 Å². The molecule has 14 heavy (non-hydrogen) atoms. The Morgan fingerprint density at radius 3 is 2.50 bits per heavy atom. The van der Waals surface area contributed by atoms with Crippen molar-refractivity contribution in [2.45, 2.75) is 19.9 Å². The minimum absolute atomic E-state index is 0.0960. The van der Waals surface area contributed by atoms with E-state index in [1.54, 1.807) is 18.5 Å². The molecule has 0 saturated heterocycles. The molecule has 5 nitrogen and oxygen atoms in total. The van der Waals surface area contributed by atoms with Crippen molar-refractivity contribution in [1.82, 2.24) is 9.97 Å². The molecule has 0 aliphatic rings. The molecule has 3 N–H and O–H groups in total. The summed E-state index contributed by atoms with van der Waals surface area (Å²) in [6.45, 7) is 3.77. The number of rotatable bonds is 3. The highest BCUT2D eigenvalue weighted by atomic mass is 16.2. The van der Waals surface area contributed by atoms with Crippen LogP contribution in [0.25, 0.3) is 0 Å². The fraction of sp³-hybridized carbons (Fsp3) is 0.444. The highest BCUT2D eigenvalue weighted by Crippen LogP contribution is 2.01. The van der Waals surface area contributed by atoms with Crippen LogP contribution in [0, 0.1) is 5.92 Å². The van der Waals surface area contributed by atoms with Gasteiger partial charge >= 0.3 is 0 Å². The molecule has 0 aliphatic heterocycles. The van der Waals surface area contributed by atoms with E-state index in [-0.39, 0.29) is 17.8 Å². The summed E-state index contributed by atoms with van der Waals surface area (Å²) in [4.78, 5) is 19.2. The zero-order valence-electron chi connectivity index (χ0n) is 8.27. The highest BCUT2D eigenvalue weighted by Gasteiger charge is 2.17. The molecule has 0 spiro atoms. The van der Waals surface area contributed by atoms with Crippen LogP contribution in [0.5, 0.6) is 0 Å². The predicted molar refractivity (Wildman–Crippen MR) is 53.5 cm³/mol. The number of hydrogen-bond acceptors (Lipinski definition) is 4. The number of amides is 1. The SMILES string of the molecule is CC(C)[C@@H](N)C(=O)Nc1ncccn1. The van der Waals surface area contributed by atoms with E-state index in [9.17, 15) is 4.79 Å². The van der Waals surface area contributed by atoms with Gasteiger partial charge in [-0.1, -0.05) is 13.8 Å². The topological polar surface area (TPSA) is 80.9 Å².